The van der Waals surface area contributed by atoms with Crippen molar-refractivity contribution in [3.63, 3.8) is 0 Å². The molecule has 0 spiro atoms. The summed E-state index contributed by atoms with van der Waals surface area (Å²) < 4.78 is 51.9. The first-order valence-corrected chi connectivity index (χ1v) is 16.2. The Hall–Kier alpha value is -3.44. The van der Waals surface area contributed by atoms with Crippen LogP contribution in [-0.4, -0.2) is 72.2 Å². The number of aliphatic hydroxyl groups excluding tert-OH is 2. The molecule has 2 aromatic rings. The standard InChI is InChI=1S/C37H41F2NO7/c1-34-12-11-23(42)15-26(34)27(38)16-25-24-17-32-37(31(44)19-41,35(24,2)18-30(43)36(25,34)39)47-33(46-32)22-8-5-20(6-9-22)13-21-7-10-28(40-3)29(14-21)45-4/h5-12,14-15,24-25,27,30,32-33,40-41,43H,13,16-19H2,1-4H3/t24-,25-,27-,30-,32+,33?,34-,35-,36-,37+/m0/s1. The number of aliphatic hydroxyl groups is 2. The van der Waals surface area contributed by atoms with Crippen LogP contribution in [0, 0.1) is 22.7 Å². The fourth-order valence-corrected chi connectivity index (χ4v) is 9.80. The van der Waals surface area contributed by atoms with E-state index in [1.165, 1.54) is 19.1 Å². The van der Waals surface area contributed by atoms with Gasteiger partial charge in [0.1, 0.15) is 18.5 Å². The Morgan fingerprint density at radius 3 is 2.51 bits per heavy atom. The molecule has 3 saturated carbocycles. The third-order valence-corrected chi connectivity index (χ3v) is 12.1. The van der Waals surface area contributed by atoms with E-state index in [0.717, 1.165) is 28.6 Å². The number of ether oxygens (including phenoxy) is 3. The van der Waals surface area contributed by atoms with Crippen molar-refractivity contribution in [2.24, 2.45) is 22.7 Å². The number of hydrogen-bond acceptors (Lipinski definition) is 8. The Morgan fingerprint density at radius 2 is 1.83 bits per heavy atom. The molecule has 10 atom stereocenters. The number of carbonyl (C=O) groups is 2. The molecule has 3 N–H and O–H groups in total. The zero-order valence-electron chi connectivity index (χ0n) is 27.0. The molecule has 0 bridgehead atoms. The average Bonchev–Trinajstić information content (AvgIpc) is 3.56. The van der Waals surface area contributed by atoms with Crippen LogP contribution in [-0.2, 0) is 25.5 Å². The van der Waals surface area contributed by atoms with Gasteiger partial charge in [0, 0.05) is 29.4 Å². The number of alkyl halides is 2. The molecule has 10 heteroatoms. The molecule has 1 saturated heterocycles. The van der Waals surface area contributed by atoms with E-state index in [1.54, 1.807) is 14.0 Å². The van der Waals surface area contributed by atoms with Crippen LogP contribution in [0.1, 0.15) is 56.1 Å². The van der Waals surface area contributed by atoms with Crippen molar-refractivity contribution in [1.29, 1.82) is 0 Å². The van der Waals surface area contributed by atoms with Crippen molar-refractivity contribution in [2.45, 2.75) is 75.5 Å². The summed E-state index contributed by atoms with van der Waals surface area (Å²) in [5.74, 6) is -1.87. The Bertz CT molecular complexity index is 1680. The van der Waals surface area contributed by atoms with Crippen molar-refractivity contribution in [1.82, 2.24) is 0 Å². The lowest BCUT2D eigenvalue weighted by Crippen LogP contribution is -2.70. The smallest absolute Gasteiger partial charge is 0.193 e. The SMILES string of the molecule is CNc1ccc(Cc2ccc(C3O[C@@H]4C[C@H]5[C@@H]6C[C@H](F)C7=CC(=O)C=C[C@]7(C)[C@@]6(F)[C@@H](O)C[C@]5(C)[C@]4(C(=O)CO)O3)cc2)cc1OC. The van der Waals surface area contributed by atoms with E-state index in [-0.39, 0.29) is 24.8 Å². The third-order valence-electron chi connectivity index (χ3n) is 12.1. The quantitative estimate of drug-likeness (QED) is 0.386. The van der Waals surface area contributed by atoms with Crippen molar-refractivity contribution >= 4 is 17.3 Å². The molecule has 0 radical (unpaired) electrons. The largest absolute Gasteiger partial charge is 0.495 e. The summed E-state index contributed by atoms with van der Waals surface area (Å²) in [5.41, 5.74) is -2.98. The molecule has 250 valence electrons. The molecule has 2 aromatic carbocycles. The number of benzene rings is 2. The minimum atomic E-state index is -2.29. The van der Waals surface area contributed by atoms with Gasteiger partial charge < -0.3 is 29.7 Å². The van der Waals surface area contributed by atoms with Gasteiger partial charge in [0.25, 0.3) is 0 Å². The molecule has 8 nitrogen and oxygen atoms in total. The van der Waals surface area contributed by atoms with Gasteiger partial charge in [-0.1, -0.05) is 43.3 Å². The van der Waals surface area contributed by atoms with Gasteiger partial charge in [-0.3, -0.25) is 9.59 Å². The van der Waals surface area contributed by atoms with Gasteiger partial charge in [-0.15, -0.1) is 0 Å². The van der Waals surface area contributed by atoms with Crippen molar-refractivity contribution in [3.05, 3.63) is 83.0 Å². The highest BCUT2D eigenvalue weighted by Gasteiger charge is 2.80. The van der Waals surface area contributed by atoms with Crippen molar-refractivity contribution in [3.8, 4) is 5.75 Å². The maximum Gasteiger partial charge on any atom is 0.193 e. The number of anilines is 1. The van der Waals surface area contributed by atoms with Gasteiger partial charge >= 0.3 is 0 Å². The predicted octanol–water partition coefficient (Wildman–Crippen LogP) is 4.97. The van der Waals surface area contributed by atoms with E-state index in [2.05, 4.69) is 5.32 Å². The zero-order chi connectivity index (χ0) is 33.5. The molecule has 47 heavy (non-hydrogen) atoms. The van der Waals surface area contributed by atoms with Crippen LogP contribution in [0.2, 0.25) is 0 Å². The number of carbonyl (C=O) groups excluding carboxylic acids is 2. The number of nitrogens with one attached hydrogen (secondary N) is 1. The lowest BCUT2D eigenvalue weighted by Gasteiger charge is -2.63. The van der Waals surface area contributed by atoms with Crippen LogP contribution < -0.4 is 10.1 Å². The third kappa shape index (κ3) is 4.30. The van der Waals surface area contributed by atoms with Crippen LogP contribution in [0.5, 0.6) is 5.75 Å². The molecule has 1 unspecified atom stereocenters. The van der Waals surface area contributed by atoms with E-state index in [4.69, 9.17) is 14.2 Å². The highest BCUT2D eigenvalue weighted by atomic mass is 19.1. The maximum absolute atomic E-state index is 17.6. The van der Waals surface area contributed by atoms with Gasteiger partial charge in [0.2, 0.25) is 0 Å². The lowest BCUT2D eigenvalue weighted by molar-refractivity contribution is -0.235. The summed E-state index contributed by atoms with van der Waals surface area (Å²) >= 11 is 0. The molecule has 1 aliphatic heterocycles. The highest BCUT2D eigenvalue weighted by Crippen LogP contribution is 2.72. The summed E-state index contributed by atoms with van der Waals surface area (Å²) in [6.07, 6.45) is -0.779. The van der Waals surface area contributed by atoms with Crippen LogP contribution in [0.15, 0.2) is 66.3 Å². The predicted molar refractivity (Wildman–Crippen MR) is 169 cm³/mol. The molecule has 0 aromatic heterocycles. The number of halogens is 2. The number of methoxy groups -OCH3 is 1. The molecule has 7 rings (SSSR count). The minimum Gasteiger partial charge on any atom is -0.495 e. The number of allylic oxidation sites excluding steroid dienone is 4. The van der Waals surface area contributed by atoms with Gasteiger partial charge in [0.05, 0.1) is 25.0 Å². The Kier molecular flexibility index (Phi) is 7.55. The zero-order valence-corrected chi connectivity index (χ0v) is 27.0. The second-order valence-electron chi connectivity index (χ2n) is 14.2. The average molecular weight is 650 g/mol. The fraction of sp³-hybridized carbons (Fsp3) is 0.514. The molecule has 0 amide bonds. The van der Waals surface area contributed by atoms with Gasteiger partial charge in [-0.2, -0.15) is 0 Å². The topological polar surface area (TPSA) is 114 Å². The Morgan fingerprint density at radius 1 is 1.11 bits per heavy atom. The first-order chi connectivity index (χ1) is 22.4. The fourth-order valence-electron chi connectivity index (χ4n) is 9.80. The molecule has 5 aliphatic rings. The number of hydrogen-bond donors (Lipinski definition) is 3. The first-order valence-electron chi connectivity index (χ1n) is 16.2. The maximum atomic E-state index is 17.6. The van der Waals surface area contributed by atoms with Gasteiger partial charge in [-0.25, -0.2) is 8.78 Å². The number of ketones is 2. The minimum absolute atomic E-state index is 0.0378. The second-order valence-corrected chi connectivity index (χ2v) is 14.2. The van der Waals surface area contributed by atoms with Gasteiger partial charge in [0.15, 0.2) is 29.1 Å². The number of rotatable bonds is 7. The van der Waals surface area contributed by atoms with Crippen LogP contribution >= 0.6 is 0 Å². The molecular weight excluding hydrogens is 608 g/mol. The molecule has 4 aliphatic carbocycles. The van der Waals surface area contributed by atoms with Crippen molar-refractivity contribution in [2.75, 3.05) is 26.1 Å². The summed E-state index contributed by atoms with van der Waals surface area (Å²) in [5, 5.41) is 25.0. The van der Waals surface area contributed by atoms with Crippen LogP contribution in [0.25, 0.3) is 0 Å². The number of Topliss-reactive ketones (excluding diaryl/α,β-unsaturated/α-hetero) is 1. The molecular formula is C37H41F2NO7. The molecule has 1 heterocycles. The monoisotopic (exact) mass is 649 g/mol. The summed E-state index contributed by atoms with van der Waals surface area (Å²) in [6.45, 7) is 2.49. The van der Waals surface area contributed by atoms with E-state index in [0.29, 0.717) is 12.0 Å². The Labute approximate surface area is 272 Å². The Balaban J connectivity index is 1.18. The normalized spacial score (nSPS) is 40.2. The second kappa shape index (κ2) is 11.1. The van der Waals surface area contributed by atoms with Gasteiger partial charge in [-0.05, 0) is 79.5 Å². The highest BCUT2D eigenvalue weighted by molar-refractivity contribution is 6.01. The van der Waals surface area contributed by atoms with E-state index in [9.17, 15) is 19.8 Å². The van der Waals surface area contributed by atoms with E-state index >= 15 is 8.78 Å². The summed E-state index contributed by atoms with van der Waals surface area (Å²) in [7, 11) is 3.46. The van der Waals surface area contributed by atoms with Crippen LogP contribution in [0.4, 0.5) is 14.5 Å². The lowest BCUT2D eigenvalue weighted by atomic mass is 9.44. The van der Waals surface area contributed by atoms with E-state index < -0.39 is 76.8 Å². The summed E-state index contributed by atoms with van der Waals surface area (Å²) in [6, 6.07) is 13.6. The van der Waals surface area contributed by atoms with Crippen molar-refractivity contribution < 1.29 is 42.8 Å². The first kappa shape index (κ1) is 32.1. The van der Waals surface area contributed by atoms with Crippen LogP contribution in [0.3, 0.4) is 0 Å². The summed E-state index contributed by atoms with van der Waals surface area (Å²) in [4.78, 5) is 25.9. The number of fused-ring (bicyclic) bond motifs is 7. The molecule has 4 fully saturated rings. The van der Waals surface area contributed by atoms with E-state index in [1.807, 2.05) is 49.5 Å².